The number of hydrogen-bond acceptors (Lipinski definition) is 3. The third-order valence-electron chi connectivity index (χ3n) is 4.32. The molecule has 142 valence electrons. The maximum Gasteiger partial charge on any atom is 0.255 e. The summed E-state index contributed by atoms with van der Waals surface area (Å²) < 4.78 is 0. The molecular formula is C23H23N3O2. The number of amides is 2. The molecule has 0 aromatic heterocycles. The number of carbonyl (C=O) groups is 2. The molecule has 0 radical (unpaired) electrons. The molecule has 0 fully saturated rings. The smallest absolute Gasteiger partial charge is 0.255 e. The Hall–Kier alpha value is -3.60. The van der Waals surface area contributed by atoms with Crippen molar-refractivity contribution in [3.8, 4) is 0 Å². The van der Waals surface area contributed by atoms with Gasteiger partial charge < -0.3 is 15.5 Å². The first kappa shape index (κ1) is 19.2. The molecule has 3 aromatic carbocycles. The molecule has 3 rings (SSSR count). The zero-order valence-electron chi connectivity index (χ0n) is 16.2. The van der Waals surface area contributed by atoms with Gasteiger partial charge in [-0.3, -0.25) is 9.59 Å². The number of benzene rings is 3. The molecule has 5 nitrogen and oxygen atoms in total. The van der Waals surface area contributed by atoms with Crippen LogP contribution in [0.1, 0.15) is 26.3 Å². The zero-order valence-corrected chi connectivity index (χ0v) is 16.2. The van der Waals surface area contributed by atoms with E-state index in [0.29, 0.717) is 22.5 Å². The Kier molecular flexibility index (Phi) is 5.75. The van der Waals surface area contributed by atoms with Crippen molar-refractivity contribution in [3.05, 3.63) is 89.5 Å². The van der Waals surface area contributed by atoms with Crippen LogP contribution in [0.4, 0.5) is 17.1 Å². The van der Waals surface area contributed by atoms with E-state index < -0.39 is 0 Å². The molecule has 0 aliphatic heterocycles. The van der Waals surface area contributed by atoms with Gasteiger partial charge in [0.15, 0.2) is 0 Å². The lowest BCUT2D eigenvalue weighted by atomic mass is 10.1. The minimum absolute atomic E-state index is 0.192. The Morgan fingerprint density at radius 2 is 1.29 bits per heavy atom. The predicted molar refractivity (Wildman–Crippen MR) is 114 cm³/mol. The molecule has 0 aliphatic rings. The standard InChI is InChI=1S/C23H23N3O2/c1-16-10-12-17(13-11-16)22(27)24-19-7-5-8-20(15-19)25-23(28)18-6-4-9-21(14-18)26(2)3/h4-15H,1-3H3,(H,24,27)(H,25,28). The third-order valence-corrected chi connectivity index (χ3v) is 4.32. The second kappa shape index (κ2) is 8.39. The molecule has 5 heteroatoms. The van der Waals surface area contributed by atoms with Gasteiger partial charge in [-0.05, 0) is 55.5 Å². The summed E-state index contributed by atoms with van der Waals surface area (Å²) in [4.78, 5) is 26.9. The van der Waals surface area contributed by atoms with Crippen LogP contribution in [-0.2, 0) is 0 Å². The van der Waals surface area contributed by atoms with Crippen LogP contribution in [0.3, 0.4) is 0 Å². The van der Waals surface area contributed by atoms with Crippen molar-refractivity contribution in [1.29, 1.82) is 0 Å². The quantitative estimate of drug-likeness (QED) is 0.689. The fourth-order valence-corrected chi connectivity index (χ4v) is 2.71. The normalized spacial score (nSPS) is 10.2. The van der Waals surface area contributed by atoms with Crippen molar-refractivity contribution in [2.24, 2.45) is 0 Å². The van der Waals surface area contributed by atoms with E-state index in [2.05, 4.69) is 10.6 Å². The number of nitrogens with zero attached hydrogens (tertiary/aromatic N) is 1. The molecule has 3 aromatic rings. The average molecular weight is 373 g/mol. The van der Waals surface area contributed by atoms with E-state index >= 15 is 0 Å². The maximum absolute atomic E-state index is 12.6. The Morgan fingerprint density at radius 3 is 1.89 bits per heavy atom. The van der Waals surface area contributed by atoms with E-state index in [-0.39, 0.29) is 11.8 Å². The molecule has 0 heterocycles. The molecule has 2 N–H and O–H groups in total. The summed E-state index contributed by atoms with van der Waals surface area (Å²) in [6.07, 6.45) is 0. The largest absolute Gasteiger partial charge is 0.378 e. The molecule has 0 bridgehead atoms. The first-order chi connectivity index (χ1) is 13.4. The fourth-order valence-electron chi connectivity index (χ4n) is 2.71. The second-order valence-electron chi connectivity index (χ2n) is 6.80. The van der Waals surface area contributed by atoms with Gasteiger partial charge in [-0.2, -0.15) is 0 Å². The molecule has 0 atom stereocenters. The van der Waals surface area contributed by atoms with E-state index in [1.54, 1.807) is 42.5 Å². The SMILES string of the molecule is Cc1ccc(C(=O)Nc2cccc(NC(=O)c3cccc(N(C)C)c3)c2)cc1. The van der Waals surface area contributed by atoms with Crippen LogP contribution in [-0.4, -0.2) is 25.9 Å². The van der Waals surface area contributed by atoms with Crippen LogP contribution >= 0.6 is 0 Å². The van der Waals surface area contributed by atoms with E-state index in [1.165, 1.54) is 0 Å². The molecule has 28 heavy (non-hydrogen) atoms. The van der Waals surface area contributed by atoms with E-state index in [1.807, 2.05) is 56.3 Å². The number of carbonyl (C=O) groups excluding carboxylic acids is 2. The third kappa shape index (κ3) is 4.76. The number of anilines is 3. The summed E-state index contributed by atoms with van der Waals surface area (Å²) in [5.74, 6) is -0.395. The number of rotatable bonds is 5. The Bertz CT molecular complexity index is 995. The van der Waals surface area contributed by atoms with Gasteiger partial charge in [0.05, 0.1) is 0 Å². The number of aryl methyl sites for hydroxylation is 1. The van der Waals surface area contributed by atoms with E-state index in [9.17, 15) is 9.59 Å². The van der Waals surface area contributed by atoms with Gasteiger partial charge in [-0.15, -0.1) is 0 Å². The van der Waals surface area contributed by atoms with Crippen LogP contribution in [0, 0.1) is 6.92 Å². The molecule has 0 unspecified atom stereocenters. The first-order valence-electron chi connectivity index (χ1n) is 8.99. The minimum Gasteiger partial charge on any atom is -0.378 e. The fraction of sp³-hybridized carbons (Fsp3) is 0.130. The summed E-state index contributed by atoms with van der Waals surface area (Å²) in [5, 5.41) is 5.73. The maximum atomic E-state index is 12.6. The summed E-state index contributed by atoms with van der Waals surface area (Å²) in [6, 6.07) is 21.9. The van der Waals surface area contributed by atoms with Gasteiger partial charge >= 0.3 is 0 Å². The molecule has 0 aliphatic carbocycles. The number of nitrogens with one attached hydrogen (secondary N) is 2. The predicted octanol–water partition coefficient (Wildman–Crippen LogP) is 4.57. The van der Waals surface area contributed by atoms with Gasteiger partial charge in [0.1, 0.15) is 0 Å². The van der Waals surface area contributed by atoms with E-state index in [0.717, 1.165) is 11.3 Å². The Morgan fingerprint density at radius 1 is 0.714 bits per heavy atom. The molecule has 0 saturated carbocycles. The molecule has 0 spiro atoms. The highest BCUT2D eigenvalue weighted by Gasteiger charge is 2.09. The van der Waals surface area contributed by atoms with E-state index in [4.69, 9.17) is 0 Å². The monoisotopic (exact) mass is 373 g/mol. The molecule has 0 saturated heterocycles. The average Bonchev–Trinajstić information content (AvgIpc) is 2.68. The van der Waals surface area contributed by atoms with Crippen molar-refractivity contribution in [1.82, 2.24) is 0 Å². The van der Waals surface area contributed by atoms with Crippen LogP contribution < -0.4 is 15.5 Å². The van der Waals surface area contributed by atoms with Crippen molar-refractivity contribution >= 4 is 28.9 Å². The Labute approximate surface area is 165 Å². The van der Waals surface area contributed by atoms with Crippen LogP contribution in [0.25, 0.3) is 0 Å². The van der Waals surface area contributed by atoms with Gasteiger partial charge in [0.25, 0.3) is 11.8 Å². The molecule has 2 amide bonds. The van der Waals surface area contributed by atoms with Crippen LogP contribution in [0.15, 0.2) is 72.8 Å². The zero-order chi connectivity index (χ0) is 20.1. The Balaban J connectivity index is 1.71. The minimum atomic E-state index is -0.203. The summed E-state index contributed by atoms with van der Waals surface area (Å²) in [7, 11) is 3.86. The highest BCUT2D eigenvalue weighted by atomic mass is 16.2. The van der Waals surface area contributed by atoms with Crippen molar-refractivity contribution < 1.29 is 9.59 Å². The van der Waals surface area contributed by atoms with Crippen molar-refractivity contribution in [2.45, 2.75) is 6.92 Å². The first-order valence-corrected chi connectivity index (χ1v) is 8.99. The second-order valence-corrected chi connectivity index (χ2v) is 6.80. The highest BCUT2D eigenvalue weighted by molar-refractivity contribution is 6.06. The lowest BCUT2D eigenvalue weighted by molar-refractivity contribution is 0.101. The topological polar surface area (TPSA) is 61.4 Å². The lowest BCUT2D eigenvalue weighted by Crippen LogP contribution is -2.15. The molecular weight excluding hydrogens is 350 g/mol. The summed E-state index contributed by atoms with van der Waals surface area (Å²) >= 11 is 0. The van der Waals surface area contributed by atoms with Gasteiger partial charge in [0, 0.05) is 42.3 Å². The van der Waals surface area contributed by atoms with Crippen molar-refractivity contribution in [3.63, 3.8) is 0 Å². The highest BCUT2D eigenvalue weighted by Crippen LogP contribution is 2.19. The summed E-state index contributed by atoms with van der Waals surface area (Å²) in [5.41, 5.74) is 4.43. The summed E-state index contributed by atoms with van der Waals surface area (Å²) in [6.45, 7) is 1.97. The van der Waals surface area contributed by atoms with Crippen LogP contribution in [0.5, 0.6) is 0 Å². The van der Waals surface area contributed by atoms with Gasteiger partial charge in [-0.1, -0.05) is 29.8 Å². The van der Waals surface area contributed by atoms with Gasteiger partial charge in [-0.25, -0.2) is 0 Å². The van der Waals surface area contributed by atoms with Crippen molar-refractivity contribution in [2.75, 3.05) is 29.6 Å². The van der Waals surface area contributed by atoms with Crippen LogP contribution in [0.2, 0.25) is 0 Å². The van der Waals surface area contributed by atoms with Gasteiger partial charge in [0.2, 0.25) is 0 Å². The lowest BCUT2D eigenvalue weighted by Gasteiger charge is -2.14. The number of hydrogen-bond donors (Lipinski definition) is 2.